The maximum atomic E-state index is 11.6. The number of esters is 1. The largest absolute Gasteiger partial charge is 0.469 e. The van der Waals surface area contributed by atoms with Crippen LogP contribution in [0, 0.1) is 17.3 Å². The van der Waals surface area contributed by atoms with Crippen molar-refractivity contribution in [1.82, 2.24) is 0 Å². The van der Waals surface area contributed by atoms with Crippen molar-refractivity contribution in [3.05, 3.63) is 60.2 Å². The van der Waals surface area contributed by atoms with Gasteiger partial charge in [0.15, 0.2) is 0 Å². The number of fused-ring (bicyclic) bond motifs is 3. The van der Waals surface area contributed by atoms with E-state index in [4.69, 9.17) is 18.9 Å². The number of carbonyl (C=O) groups is 1. The molecule has 0 aromatic heterocycles. The minimum Gasteiger partial charge on any atom is -0.469 e. The summed E-state index contributed by atoms with van der Waals surface area (Å²) in [5.74, 6) is 1.94. The van der Waals surface area contributed by atoms with Gasteiger partial charge in [0.1, 0.15) is 11.5 Å². The second-order valence-corrected chi connectivity index (χ2v) is 9.37. The predicted octanol–water partition coefficient (Wildman–Crippen LogP) is 5.09. The molecule has 2 bridgehead atoms. The molecule has 2 aromatic carbocycles. The van der Waals surface area contributed by atoms with Crippen LogP contribution in [0.2, 0.25) is 0 Å². The summed E-state index contributed by atoms with van der Waals surface area (Å²) in [6, 6.07) is 18.2. The van der Waals surface area contributed by atoms with Crippen LogP contribution in [0.25, 0.3) is 0 Å². The average molecular weight is 423 g/mol. The molecule has 2 atom stereocenters. The summed E-state index contributed by atoms with van der Waals surface area (Å²) in [5.41, 5.74) is 1.09. The first kappa shape index (κ1) is 20.5. The molecule has 164 valence electrons. The molecule has 5 heteroatoms. The molecule has 0 amide bonds. The molecule has 2 heterocycles. The Kier molecular flexibility index (Phi) is 5.49. The van der Waals surface area contributed by atoms with Crippen LogP contribution >= 0.6 is 0 Å². The van der Waals surface area contributed by atoms with Crippen LogP contribution in [-0.4, -0.2) is 32.9 Å². The number of carbonyl (C=O) groups excluding carboxylic acids is 1. The molecular weight excluding hydrogens is 392 g/mol. The lowest BCUT2D eigenvalue weighted by Crippen LogP contribution is -2.51. The SMILES string of the molecule is COC(=O)C1CC1COCC12CCC(c3cccc(Oc4ccccc4)c3)(CC1)OC2. The molecule has 5 nitrogen and oxygen atoms in total. The highest BCUT2D eigenvalue weighted by atomic mass is 16.5. The third-order valence-electron chi connectivity index (χ3n) is 7.28. The van der Waals surface area contributed by atoms with Crippen LogP contribution < -0.4 is 4.74 Å². The fraction of sp³-hybridized carbons (Fsp3) is 0.500. The van der Waals surface area contributed by atoms with Gasteiger partial charge in [0.05, 0.1) is 38.4 Å². The fourth-order valence-electron chi connectivity index (χ4n) is 5.09. The van der Waals surface area contributed by atoms with E-state index in [2.05, 4.69) is 18.2 Å². The van der Waals surface area contributed by atoms with Crippen LogP contribution in [0.1, 0.15) is 37.7 Å². The van der Waals surface area contributed by atoms with E-state index in [0.29, 0.717) is 19.1 Å². The summed E-state index contributed by atoms with van der Waals surface area (Å²) in [5, 5.41) is 0. The van der Waals surface area contributed by atoms with Gasteiger partial charge in [-0.15, -0.1) is 0 Å². The van der Waals surface area contributed by atoms with E-state index in [-0.39, 0.29) is 22.9 Å². The first-order valence-corrected chi connectivity index (χ1v) is 11.2. The van der Waals surface area contributed by atoms with Crippen molar-refractivity contribution in [3.63, 3.8) is 0 Å². The number of hydrogen-bond acceptors (Lipinski definition) is 5. The molecule has 2 aliphatic carbocycles. The summed E-state index contributed by atoms with van der Waals surface area (Å²) in [6.07, 6.45) is 5.09. The second kappa shape index (κ2) is 8.29. The number of methoxy groups -OCH3 is 1. The number of rotatable bonds is 8. The van der Waals surface area contributed by atoms with E-state index >= 15 is 0 Å². The number of hydrogen-bond donors (Lipinski definition) is 0. The van der Waals surface area contributed by atoms with Gasteiger partial charge in [0, 0.05) is 5.41 Å². The molecule has 2 aromatic rings. The summed E-state index contributed by atoms with van der Waals surface area (Å²) in [7, 11) is 1.45. The maximum Gasteiger partial charge on any atom is 0.309 e. The minimum atomic E-state index is -0.218. The number of ether oxygens (including phenoxy) is 4. The van der Waals surface area contributed by atoms with Gasteiger partial charge in [0.2, 0.25) is 0 Å². The average Bonchev–Trinajstić information content (AvgIpc) is 3.60. The zero-order chi connectivity index (χ0) is 21.3. The smallest absolute Gasteiger partial charge is 0.309 e. The summed E-state index contributed by atoms with van der Waals surface area (Å²) >= 11 is 0. The van der Waals surface area contributed by atoms with Crippen molar-refractivity contribution in [3.8, 4) is 11.5 Å². The lowest BCUT2D eigenvalue weighted by molar-refractivity contribution is -0.205. The summed E-state index contributed by atoms with van der Waals surface area (Å²) < 4.78 is 23.4. The van der Waals surface area contributed by atoms with Gasteiger partial charge < -0.3 is 18.9 Å². The third kappa shape index (κ3) is 4.21. The predicted molar refractivity (Wildman–Crippen MR) is 116 cm³/mol. The van der Waals surface area contributed by atoms with Crippen molar-refractivity contribution in [2.45, 2.75) is 37.7 Å². The molecule has 6 rings (SSSR count). The molecule has 0 N–H and O–H groups in total. The summed E-state index contributed by atoms with van der Waals surface area (Å²) in [6.45, 7) is 2.08. The van der Waals surface area contributed by atoms with E-state index in [1.54, 1.807) is 0 Å². The first-order chi connectivity index (χ1) is 15.1. The van der Waals surface area contributed by atoms with E-state index < -0.39 is 0 Å². The van der Waals surface area contributed by atoms with Crippen LogP contribution in [-0.2, 0) is 24.6 Å². The Morgan fingerprint density at radius 2 is 1.81 bits per heavy atom. The van der Waals surface area contributed by atoms with Crippen LogP contribution in [0.4, 0.5) is 0 Å². The monoisotopic (exact) mass is 422 g/mol. The number of benzene rings is 2. The topological polar surface area (TPSA) is 54.0 Å². The highest BCUT2D eigenvalue weighted by Gasteiger charge is 2.51. The Labute approximate surface area is 183 Å². The molecule has 4 aliphatic rings. The van der Waals surface area contributed by atoms with Crippen molar-refractivity contribution in [2.75, 3.05) is 26.9 Å². The van der Waals surface area contributed by atoms with Gasteiger partial charge in [-0.05, 0) is 67.9 Å². The van der Waals surface area contributed by atoms with E-state index in [1.807, 2.05) is 36.4 Å². The van der Waals surface area contributed by atoms with E-state index in [1.165, 1.54) is 12.7 Å². The van der Waals surface area contributed by atoms with Gasteiger partial charge in [0.25, 0.3) is 0 Å². The molecule has 2 saturated heterocycles. The van der Waals surface area contributed by atoms with Crippen molar-refractivity contribution in [2.24, 2.45) is 17.3 Å². The summed E-state index contributed by atoms with van der Waals surface area (Å²) in [4.78, 5) is 11.6. The number of para-hydroxylation sites is 1. The quantitative estimate of drug-likeness (QED) is 0.555. The Morgan fingerprint density at radius 1 is 1.03 bits per heavy atom. The van der Waals surface area contributed by atoms with Crippen molar-refractivity contribution < 1.29 is 23.7 Å². The Bertz CT molecular complexity index is 900. The lowest BCUT2D eigenvalue weighted by Gasteiger charge is -2.53. The van der Waals surface area contributed by atoms with Gasteiger partial charge in [-0.1, -0.05) is 30.3 Å². The standard InChI is InChI=1S/C26H30O5/c1-28-24(27)23-14-19(23)16-29-17-25-10-12-26(13-11-25,30-18-25)20-6-5-9-22(15-20)31-21-7-3-2-4-8-21/h2-9,15,19,23H,10-14,16-18H2,1H3. The lowest BCUT2D eigenvalue weighted by atomic mass is 9.64. The minimum absolute atomic E-state index is 0.0366. The van der Waals surface area contributed by atoms with E-state index in [0.717, 1.165) is 50.2 Å². The van der Waals surface area contributed by atoms with Gasteiger partial charge in [-0.25, -0.2) is 0 Å². The van der Waals surface area contributed by atoms with Crippen molar-refractivity contribution >= 4 is 5.97 Å². The second-order valence-electron chi connectivity index (χ2n) is 9.37. The highest BCUT2D eigenvalue weighted by Crippen LogP contribution is 2.54. The molecule has 31 heavy (non-hydrogen) atoms. The Balaban J connectivity index is 1.17. The van der Waals surface area contributed by atoms with Gasteiger partial charge in [-0.3, -0.25) is 4.79 Å². The molecule has 4 fully saturated rings. The third-order valence-corrected chi connectivity index (χ3v) is 7.28. The fourth-order valence-corrected chi connectivity index (χ4v) is 5.09. The Hall–Kier alpha value is -2.37. The van der Waals surface area contributed by atoms with Crippen LogP contribution in [0.3, 0.4) is 0 Å². The van der Waals surface area contributed by atoms with Gasteiger partial charge in [-0.2, -0.15) is 0 Å². The molecule has 0 spiro atoms. The normalized spacial score (nSPS) is 31.3. The van der Waals surface area contributed by atoms with Gasteiger partial charge >= 0.3 is 5.97 Å². The molecule has 2 unspecified atom stereocenters. The highest BCUT2D eigenvalue weighted by molar-refractivity contribution is 5.75. The molecular formula is C26H30O5. The zero-order valence-corrected chi connectivity index (χ0v) is 18.0. The first-order valence-electron chi connectivity index (χ1n) is 11.2. The van der Waals surface area contributed by atoms with E-state index in [9.17, 15) is 4.79 Å². The maximum absolute atomic E-state index is 11.6. The zero-order valence-electron chi connectivity index (χ0n) is 18.0. The molecule has 0 radical (unpaired) electrons. The Morgan fingerprint density at radius 3 is 2.52 bits per heavy atom. The van der Waals surface area contributed by atoms with Crippen LogP contribution in [0.5, 0.6) is 11.5 Å². The van der Waals surface area contributed by atoms with Crippen LogP contribution in [0.15, 0.2) is 54.6 Å². The molecule has 2 saturated carbocycles. The van der Waals surface area contributed by atoms with Crippen molar-refractivity contribution in [1.29, 1.82) is 0 Å². The molecule has 2 aliphatic heterocycles.